The number of nitrogens with two attached hydrogens (primary N) is 3. The van der Waals surface area contributed by atoms with Crippen LogP contribution < -0.4 is 22.5 Å². The number of carbonyl (C=O) groups excluding carboxylic acids is 2. The Morgan fingerprint density at radius 1 is 0.891 bits per heavy atom. The number of nitrogens with zero attached hydrogens (tertiary/aromatic N) is 2. The monoisotopic (exact) mass is 771 g/mol. The molecule has 0 aromatic heterocycles. The van der Waals surface area contributed by atoms with Crippen LogP contribution in [0.2, 0.25) is 0 Å². The SMILES string of the molecule is CC(N)=NC(CCCCN=C(N)N)C(=O)CCCOCCOCCNC(=O)OC1CCC2(C)C(=CCC3C2CCC2(C)C(C(C)CCCC(C)C)CCC32)C1. The van der Waals surface area contributed by atoms with Crippen molar-refractivity contribution in [2.24, 2.45) is 73.5 Å². The molecule has 4 rings (SSSR count). The molecule has 3 saturated carbocycles. The highest BCUT2D eigenvalue weighted by atomic mass is 16.6. The second kappa shape index (κ2) is 21.8. The minimum atomic E-state index is -0.450. The van der Waals surface area contributed by atoms with E-state index in [1.54, 1.807) is 12.5 Å². The number of ether oxygens (including phenoxy) is 3. The fraction of sp³-hybridized carbons (Fsp3) is 0.864. The van der Waals surface area contributed by atoms with Gasteiger partial charge in [0.1, 0.15) is 12.1 Å². The Labute approximate surface area is 333 Å². The van der Waals surface area contributed by atoms with Crippen molar-refractivity contribution in [1.29, 1.82) is 0 Å². The summed E-state index contributed by atoms with van der Waals surface area (Å²) in [4.78, 5) is 33.7. The van der Waals surface area contributed by atoms with Gasteiger partial charge in [-0.05, 0) is 124 Å². The van der Waals surface area contributed by atoms with Crippen LogP contribution in [0.1, 0.15) is 144 Å². The highest BCUT2D eigenvalue weighted by Gasteiger charge is 2.59. The molecule has 1 amide bonds. The van der Waals surface area contributed by atoms with Gasteiger partial charge in [-0.3, -0.25) is 14.8 Å². The van der Waals surface area contributed by atoms with Gasteiger partial charge in [-0.2, -0.15) is 0 Å². The fourth-order valence-corrected chi connectivity index (χ4v) is 11.2. The van der Waals surface area contributed by atoms with Crippen molar-refractivity contribution in [2.45, 2.75) is 156 Å². The molecule has 0 bridgehead atoms. The van der Waals surface area contributed by atoms with Crippen LogP contribution in [-0.2, 0) is 19.0 Å². The van der Waals surface area contributed by atoms with E-state index >= 15 is 0 Å². The van der Waals surface area contributed by atoms with E-state index in [0.717, 1.165) is 67.6 Å². The van der Waals surface area contributed by atoms with Crippen molar-refractivity contribution < 1.29 is 23.8 Å². The van der Waals surface area contributed by atoms with Gasteiger partial charge in [0.25, 0.3) is 0 Å². The van der Waals surface area contributed by atoms with Crippen LogP contribution in [-0.4, -0.2) is 75.3 Å². The predicted octanol–water partition coefficient (Wildman–Crippen LogP) is 7.69. The lowest BCUT2D eigenvalue weighted by Gasteiger charge is -2.58. The summed E-state index contributed by atoms with van der Waals surface area (Å²) in [6.07, 6.45) is 19.1. The number of nitrogens with one attached hydrogen (secondary N) is 1. The third-order valence-electron chi connectivity index (χ3n) is 14.0. The Hall–Kier alpha value is -2.66. The van der Waals surface area contributed by atoms with Crippen molar-refractivity contribution in [3.63, 3.8) is 0 Å². The third kappa shape index (κ3) is 12.9. The van der Waals surface area contributed by atoms with Crippen LogP contribution in [0.15, 0.2) is 21.6 Å². The molecule has 9 unspecified atom stereocenters. The van der Waals surface area contributed by atoms with Gasteiger partial charge >= 0.3 is 6.09 Å². The van der Waals surface area contributed by atoms with E-state index in [2.05, 4.69) is 56.0 Å². The van der Waals surface area contributed by atoms with Crippen molar-refractivity contribution in [2.75, 3.05) is 39.5 Å². The first kappa shape index (κ1) is 45.0. The van der Waals surface area contributed by atoms with E-state index in [4.69, 9.17) is 31.4 Å². The van der Waals surface area contributed by atoms with E-state index in [9.17, 15) is 9.59 Å². The second-order valence-electron chi connectivity index (χ2n) is 18.4. The van der Waals surface area contributed by atoms with Gasteiger partial charge in [0.2, 0.25) is 0 Å². The molecule has 0 aromatic carbocycles. The summed E-state index contributed by atoms with van der Waals surface area (Å²) in [5.74, 6) is 5.47. The Kier molecular flexibility index (Phi) is 17.8. The van der Waals surface area contributed by atoms with E-state index in [1.807, 2.05) is 0 Å². The topological polar surface area (TPSA) is 177 Å². The molecule has 7 N–H and O–H groups in total. The van der Waals surface area contributed by atoms with Crippen LogP contribution in [0.3, 0.4) is 0 Å². The number of hydrogen-bond acceptors (Lipinski definition) is 7. The number of amidine groups is 1. The first-order valence-corrected chi connectivity index (χ1v) is 21.9. The zero-order valence-corrected chi connectivity index (χ0v) is 35.4. The minimum absolute atomic E-state index is 0.0577. The maximum absolute atomic E-state index is 12.7. The van der Waals surface area contributed by atoms with Crippen molar-refractivity contribution >= 4 is 23.7 Å². The number of alkyl carbamates (subject to hydrolysis) is 1. The summed E-state index contributed by atoms with van der Waals surface area (Å²) in [6, 6.07) is -0.450. The third-order valence-corrected chi connectivity index (χ3v) is 14.0. The average Bonchev–Trinajstić information content (AvgIpc) is 3.48. The molecule has 0 aliphatic heterocycles. The smallest absolute Gasteiger partial charge is 0.407 e. The van der Waals surface area contributed by atoms with E-state index < -0.39 is 6.04 Å². The zero-order valence-electron chi connectivity index (χ0n) is 35.4. The van der Waals surface area contributed by atoms with Gasteiger partial charge in [0, 0.05) is 32.5 Å². The van der Waals surface area contributed by atoms with E-state index in [0.29, 0.717) is 70.0 Å². The highest BCUT2D eigenvalue weighted by Crippen LogP contribution is 2.67. The van der Waals surface area contributed by atoms with Gasteiger partial charge in [-0.25, -0.2) is 4.79 Å². The number of carbonyl (C=O) groups is 2. The second-order valence-corrected chi connectivity index (χ2v) is 18.4. The summed E-state index contributed by atoms with van der Waals surface area (Å²) in [5.41, 5.74) is 18.8. The lowest BCUT2D eigenvalue weighted by Crippen LogP contribution is -2.51. The first-order valence-electron chi connectivity index (χ1n) is 21.9. The number of ketones is 1. The van der Waals surface area contributed by atoms with Gasteiger partial charge in [-0.1, -0.05) is 65.5 Å². The quantitative estimate of drug-likeness (QED) is 0.0354. The van der Waals surface area contributed by atoms with E-state index in [1.165, 1.54) is 51.4 Å². The molecule has 0 spiro atoms. The van der Waals surface area contributed by atoms with Crippen LogP contribution in [0.4, 0.5) is 4.79 Å². The molecule has 0 aromatic rings. The van der Waals surface area contributed by atoms with Gasteiger partial charge in [-0.15, -0.1) is 0 Å². The molecule has 4 aliphatic rings. The molecule has 0 heterocycles. The number of unbranched alkanes of at least 4 members (excludes halogenated alkanes) is 1. The number of rotatable bonds is 23. The number of Topliss-reactive ketones (excluding diaryl/α,β-unsaturated/α-hetero) is 1. The van der Waals surface area contributed by atoms with Crippen LogP contribution in [0.5, 0.6) is 0 Å². The molecule has 4 aliphatic carbocycles. The first-order chi connectivity index (χ1) is 26.2. The summed E-state index contributed by atoms with van der Waals surface area (Å²) < 4.78 is 17.2. The van der Waals surface area contributed by atoms with Crippen LogP contribution in [0, 0.1) is 46.3 Å². The maximum atomic E-state index is 12.7. The minimum Gasteiger partial charge on any atom is -0.446 e. The number of aliphatic imine (C=N–C) groups is 2. The van der Waals surface area contributed by atoms with Gasteiger partial charge < -0.3 is 36.7 Å². The summed E-state index contributed by atoms with van der Waals surface area (Å²) in [7, 11) is 0. The summed E-state index contributed by atoms with van der Waals surface area (Å²) in [5, 5.41) is 2.87. The molecule has 55 heavy (non-hydrogen) atoms. The van der Waals surface area contributed by atoms with Crippen molar-refractivity contribution in [3.05, 3.63) is 11.6 Å². The molecule has 0 saturated heterocycles. The molecule has 0 radical (unpaired) electrons. The fourth-order valence-electron chi connectivity index (χ4n) is 11.2. The van der Waals surface area contributed by atoms with E-state index in [-0.39, 0.29) is 29.4 Å². The van der Waals surface area contributed by atoms with Crippen LogP contribution >= 0.6 is 0 Å². The zero-order chi connectivity index (χ0) is 40.0. The number of amides is 1. The predicted molar refractivity (Wildman–Crippen MR) is 223 cm³/mol. The maximum Gasteiger partial charge on any atom is 0.407 e. The number of allylic oxidation sites excluding steroid dienone is 1. The van der Waals surface area contributed by atoms with Crippen molar-refractivity contribution in [1.82, 2.24) is 5.32 Å². The number of fused-ring (bicyclic) bond motifs is 5. The number of guanidine groups is 1. The Morgan fingerprint density at radius 2 is 1.65 bits per heavy atom. The molecule has 11 heteroatoms. The number of hydrogen-bond donors (Lipinski definition) is 4. The molecule has 3 fully saturated rings. The molecule has 11 nitrogen and oxygen atoms in total. The Bertz CT molecular complexity index is 1310. The molecule has 314 valence electrons. The van der Waals surface area contributed by atoms with Gasteiger partial charge in [0.05, 0.1) is 25.7 Å². The summed E-state index contributed by atoms with van der Waals surface area (Å²) >= 11 is 0. The normalized spacial score (nSPS) is 30.1. The lowest BCUT2D eigenvalue weighted by molar-refractivity contribution is -0.120. The molecule has 9 atom stereocenters. The summed E-state index contributed by atoms with van der Waals surface area (Å²) in [6.45, 7) is 16.8. The largest absolute Gasteiger partial charge is 0.446 e. The molecular formula is C44H78N6O5. The molecular weight excluding hydrogens is 693 g/mol. The van der Waals surface area contributed by atoms with Gasteiger partial charge in [0.15, 0.2) is 11.7 Å². The standard InChI is InChI=1S/C44H78N6O5/c1-30(2)11-9-12-31(3)36-17-18-37-35-16-15-33-29-34(19-21-43(33,5)38(35)20-22-44(36,37)6)55-42(52)49-24-26-54-28-27-53-25-10-14-40(51)39(50-32(4)45)13-7-8-23-48-41(46)47/h15,30-31,34-39H,7-14,16-29H2,1-6H3,(H2,45,50)(H,49,52)(H4,46,47,48). The average molecular weight is 771 g/mol. The Balaban J connectivity index is 1.08. The van der Waals surface area contributed by atoms with Crippen molar-refractivity contribution in [3.8, 4) is 0 Å². The van der Waals surface area contributed by atoms with Crippen LogP contribution in [0.25, 0.3) is 0 Å². The highest BCUT2D eigenvalue weighted by molar-refractivity contribution is 5.88. The lowest BCUT2D eigenvalue weighted by atomic mass is 9.47. The Morgan fingerprint density at radius 3 is 2.38 bits per heavy atom.